The molecule has 1 N–H and O–H groups in total. The second-order valence-corrected chi connectivity index (χ2v) is 5.58. The Kier molecular flexibility index (Phi) is 4.48. The number of nitrogens with one attached hydrogen (secondary N) is 1. The minimum Gasteiger partial charge on any atom is -0.325 e. The number of benzene rings is 2. The molecule has 0 saturated carbocycles. The number of aromatic nitrogens is 2. The van der Waals surface area contributed by atoms with E-state index in [0.29, 0.717) is 6.42 Å². The van der Waals surface area contributed by atoms with Crippen LogP contribution >= 0.6 is 0 Å². The van der Waals surface area contributed by atoms with Crippen molar-refractivity contribution < 1.29 is 18.0 Å². The Morgan fingerprint density at radius 2 is 1.92 bits per heavy atom. The molecule has 0 unspecified atom stereocenters. The maximum absolute atomic E-state index is 12.8. The first-order valence-electron chi connectivity index (χ1n) is 7.79. The monoisotopic (exact) mass is 347 g/mol. The summed E-state index contributed by atoms with van der Waals surface area (Å²) in [5.41, 5.74) is 0.916. The molecule has 0 aliphatic rings. The second-order valence-electron chi connectivity index (χ2n) is 5.58. The van der Waals surface area contributed by atoms with Gasteiger partial charge < -0.3 is 9.88 Å². The number of carbonyl (C=O) groups excluding carboxylic acids is 1. The molecule has 0 fully saturated rings. The van der Waals surface area contributed by atoms with Gasteiger partial charge in [0.25, 0.3) is 0 Å². The van der Waals surface area contributed by atoms with Crippen LogP contribution in [0.15, 0.2) is 48.5 Å². The minimum atomic E-state index is -4.45. The third-order valence-electron chi connectivity index (χ3n) is 3.83. The van der Waals surface area contributed by atoms with Crippen LogP contribution in [0.4, 0.5) is 18.9 Å². The molecular formula is C18H16F3N3O. The maximum atomic E-state index is 12.8. The van der Waals surface area contributed by atoms with Crippen molar-refractivity contribution in [2.75, 3.05) is 5.32 Å². The molecule has 0 aliphatic carbocycles. The van der Waals surface area contributed by atoms with Crippen LogP contribution in [0.1, 0.15) is 18.3 Å². The van der Waals surface area contributed by atoms with Crippen LogP contribution in [0.25, 0.3) is 11.0 Å². The quantitative estimate of drug-likeness (QED) is 0.767. The van der Waals surface area contributed by atoms with Gasteiger partial charge in [-0.2, -0.15) is 13.2 Å². The van der Waals surface area contributed by atoms with Crippen molar-refractivity contribution in [3.8, 4) is 0 Å². The van der Waals surface area contributed by atoms with Crippen LogP contribution in [0, 0.1) is 0 Å². The maximum Gasteiger partial charge on any atom is 0.416 e. The Morgan fingerprint density at radius 1 is 1.16 bits per heavy atom. The summed E-state index contributed by atoms with van der Waals surface area (Å²) in [6.07, 6.45) is -3.80. The molecule has 130 valence electrons. The normalized spacial score (nSPS) is 11.7. The second kappa shape index (κ2) is 6.58. The molecule has 0 spiro atoms. The van der Waals surface area contributed by atoms with E-state index in [2.05, 4.69) is 10.3 Å². The van der Waals surface area contributed by atoms with Gasteiger partial charge in [-0.15, -0.1) is 0 Å². The number of para-hydroxylation sites is 2. The van der Waals surface area contributed by atoms with Gasteiger partial charge >= 0.3 is 6.18 Å². The lowest BCUT2D eigenvalue weighted by Gasteiger charge is -2.11. The molecule has 4 nitrogen and oxygen atoms in total. The van der Waals surface area contributed by atoms with Gasteiger partial charge in [-0.1, -0.05) is 25.1 Å². The number of hydrogen-bond donors (Lipinski definition) is 1. The molecule has 0 aliphatic heterocycles. The van der Waals surface area contributed by atoms with E-state index in [0.717, 1.165) is 29.0 Å². The number of aryl methyl sites for hydroxylation is 1. The molecule has 0 atom stereocenters. The molecule has 3 aromatic rings. The SMILES string of the molecule is CCc1nc2ccccc2n1CC(=O)Nc1cccc(C(F)(F)F)c1. The standard InChI is InChI=1S/C18H16F3N3O/c1-2-16-23-14-8-3-4-9-15(14)24(16)11-17(25)22-13-7-5-6-12(10-13)18(19,20)21/h3-10H,2,11H2,1H3,(H,22,25). The van der Waals surface area contributed by atoms with Gasteiger partial charge in [-0.05, 0) is 30.3 Å². The van der Waals surface area contributed by atoms with E-state index in [-0.39, 0.29) is 12.2 Å². The molecule has 0 saturated heterocycles. The summed E-state index contributed by atoms with van der Waals surface area (Å²) in [6, 6.07) is 12.0. The number of amides is 1. The average molecular weight is 347 g/mol. The largest absolute Gasteiger partial charge is 0.416 e. The highest BCUT2D eigenvalue weighted by atomic mass is 19.4. The summed E-state index contributed by atoms with van der Waals surface area (Å²) in [5.74, 6) is 0.345. The molecule has 3 rings (SSSR count). The van der Waals surface area contributed by atoms with E-state index in [9.17, 15) is 18.0 Å². The van der Waals surface area contributed by atoms with Crippen molar-refractivity contribution in [1.82, 2.24) is 9.55 Å². The van der Waals surface area contributed by atoms with Crippen LogP contribution in [0.3, 0.4) is 0 Å². The van der Waals surface area contributed by atoms with Crippen molar-refractivity contribution in [2.45, 2.75) is 26.1 Å². The summed E-state index contributed by atoms with van der Waals surface area (Å²) < 4.78 is 40.1. The van der Waals surface area contributed by atoms with E-state index in [1.807, 2.05) is 31.2 Å². The summed E-state index contributed by atoms with van der Waals surface area (Å²) in [5, 5.41) is 2.52. The summed E-state index contributed by atoms with van der Waals surface area (Å²) >= 11 is 0. The van der Waals surface area contributed by atoms with E-state index >= 15 is 0 Å². The number of hydrogen-bond acceptors (Lipinski definition) is 2. The van der Waals surface area contributed by atoms with Gasteiger partial charge in [0, 0.05) is 12.1 Å². The lowest BCUT2D eigenvalue weighted by Crippen LogP contribution is -2.20. The summed E-state index contributed by atoms with van der Waals surface area (Å²) in [6.45, 7) is 1.92. The van der Waals surface area contributed by atoms with Gasteiger partial charge in [0.2, 0.25) is 5.91 Å². The number of alkyl halides is 3. The molecule has 1 amide bonds. The van der Waals surface area contributed by atoms with E-state index in [4.69, 9.17) is 0 Å². The topological polar surface area (TPSA) is 46.9 Å². The van der Waals surface area contributed by atoms with E-state index in [1.54, 1.807) is 4.57 Å². The van der Waals surface area contributed by atoms with Crippen LogP contribution in [0.5, 0.6) is 0 Å². The van der Waals surface area contributed by atoms with Gasteiger partial charge in [-0.25, -0.2) is 4.98 Å². The van der Waals surface area contributed by atoms with Gasteiger partial charge in [0.05, 0.1) is 16.6 Å². The highest BCUT2D eigenvalue weighted by Gasteiger charge is 2.30. The predicted molar refractivity (Wildman–Crippen MR) is 89.2 cm³/mol. The molecule has 0 bridgehead atoms. The molecule has 7 heteroatoms. The summed E-state index contributed by atoms with van der Waals surface area (Å²) in [4.78, 5) is 16.8. The van der Waals surface area contributed by atoms with E-state index in [1.165, 1.54) is 12.1 Å². The van der Waals surface area contributed by atoms with Crippen molar-refractivity contribution in [2.24, 2.45) is 0 Å². The third kappa shape index (κ3) is 3.65. The predicted octanol–water partition coefficient (Wildman–Crippen LogP) is 4.26. The van der Waals surface area contributed by atoms with Crippen molar-refractivity contribution >= 4 is 22.6 Å². The fourth-order valence-corrected chi connectivity index (χ4v) is 2.69. The zero-order chi connectivity index (χ0) is 18.0. The molecule has 1 aromatic heterocycles. The number of rotatable bonds is 4. The lowest BCUT2D eigenvalue weighted by molar-refractivity contribution is -0.137. The average Bonchev–Trinajstić information content (AvgIpc) is 2.92. The minimum absolute atomic E-state index is 0.0140. The number of carbonyl (C=O) groups is 1. The highest BCUT2D eigenvalue weighted by Crippen LogP contribution is 2.30. The van der Waals surface area contributed by atoms with Crippen LogP contribution in [-0.4, -0.2) is 15.5 Å². The van der Waals surface area contributed by atoms with Crippen LogP contribution < -0.4 is 5.32 Å². The lowest BCUT2D eigenvalue weighted by atomic mass is 10.2. The Labute approximate surface area is 142 Å². The number of anilines is 1. The Balaban J connectivity index is 1.82. The molecule has 1 heterocycles. The third-order valence-corrected chi connectivity index (χ3v) is 3.83. The van der Waals surface area contributed by atoms with E-state index < -0.39 is 17.6 Å². The first kappa shape index (κ1) is 17.0. The van der Waals surface area contributed by atoms with Gasteiger partial charge in [-0.3, -0.25) is 4.79 Å². The zero-order valence-corrected chi connectivity index (χ0v) is 13.5. The number of nitrogens with zero attached hydrogens (tertiary/aromatic N) is 2. The fraction of sp³-hybridized carbons (Fsp3) is 0.222. The molecular weight excluding hydrogens is 331 g/mol. The van der Waals surface area contributed by atoms with Crippen LogP contribution in [0.2, 0.25) is 0 Å². The Morgan fingerprint density at radius 3 is 2.64 bits per heavy atom. The van der Waals surface area contributed by atoms with Gasteiger partial charge in [0.1, 0.15) is 12.4 Å². The summed E-state index contributed by atoms with van der Waals surface area (Å²) in [7, 11) is 0. The number of imidazole rings is 1. The van der Waals surface area contributed by atoms with Crippen LogP contribution in [-0.2, 0) is 23.9 Å². The number of halogens is 3. The smallest absolute Gasteiger partial charge is 0.325 e. The van der Waals surface area contributed by atoms with Gasteiger partial charge in [0.15, 0.2) is 0 Å². The first-order chi connectivity index (χ1) is 11.9. The first-order valence-corrected chi connectivity index (χ1v) is 7.79. The zero-order valence-electron chi connectivity index (χ0n) is 13.5. The van der Waals surface area contributed by atoms with Crippen molar-refractivity contribution in [3.63, 3.8) is 0 Å². The number of fused-ring (bicyclic) bond motifs is 1. The Hall–Kier alpha value is -2.83. The molecule has 2 aromatic carbocycles. The molecule has 0 radical (unpaired) electrons. The fourth-order valence-electron chi connectivity index (χ4n) is 2.69. The van der Waals surface area contributed by atoms with Crippen molar-refractivity contribution in [1.29, 1.82) is 0 Å². The highest BCUT2D eigenvalue weighted by molar-refractivity contribution is 5.91. The molecule has 25 heavy (non-hydrogen) atoms. The Bertz CT molecular complexity index is 915. The van der Waals surface area contributed by atoms with Crippen molar-refractivity contribution in [3.05, 3.63) is 59.9 Å².